The van der Waals surface area contributed by atoms with Crippen LogP contribution in [-0.2, 0) is 4.79 Å². The number of carbonyl (C=O) groups excluding carboxylic acids is 1. The summed E-state index contributed by atoms with van der Waals surface area (Å²) in [6.07, 6.45) is 6.20. The van der Waals surface area contributed by atoms with E-state index < -0.39 is 0 Å². The van der Waals surface area contributed by atoms with Crippen LogP contribution in [0.3, 0.4) is 0 Å². The van der Waals surface area contributed by atoms with E-state index in [1.807, 2.05) is 17.4 Å². The van der Waals surface area contributed by atoms with Crippen molar-refractivity contribution in [1.82, 2.24) is 9.88 Å². The predicted octanol–water partition coefficient (Wildman–Crippen LogP) is 4.58. The topological polar surface area (TPSA) is 33.2 Å². The van der Waals surface area contributed by atoms with Gasteiger partial charge in [0.05, 0.1) is 15.2 Å². The van der Waals surface area contributed by atoms with Gasteiger partial charge in [-0.15, -0.1) is 11.3 Å². The van der Waals surface area contributed by atoms with Gasteiger partial charge in [0.15, 0.2) is 0 Å². The SMILES string of the molecule is CCCCCC(=O)N1CCC(c2nc3ccccc3s2)CC1. The van der Waals surface area contributed by atoms with Gasteiger partial charge in [0, 0.05) is 25.4 Å². The maximum absolute atomic E-state index is 12.2. The maximum Gasteiger partial charge on any atom is 0.222 e. The molecule has 2 heterocycles. The summed E-state index contributed by atoms with van der Waals surface area (Å²) in [5, 5.41) is 1.25. The van der Waals surface area contributed by atoms with Crippen LogP contribution in [0.4, 0.5) is 0 Å². The number of thiazole rings is 1. The number of para-hydroxylation sites is 1. The van der Waals surface area contributed by atoms with E-state index in [1.165, 1.54) is 16.1 Å². The normalized spacial score (nSPS) is 16.3. The molecule has 0 bridgehead atoms. The van der Waals surface area contributed by atoms with Gasteiger partial charge in [-0.3, -0.25) is 4.79 Å². The second-order valence-electron chi connectivity index (χ2n) is 6.13. The minimum absolute atomic E-state index is 0.344. The zero-order chi connectivity index (χ0) is 15.4. The molecule has 0 saturated carbocycles. The molecule has 2 aromatic rings. The van der Waals surface area contributed by atoms with Crippen LogP contribution in [-0.4, -0.2) is 28.9 Å². The van der Waals surface area contributed by atoms with Gasteiger partial charge >= 0.3 is 0 Å². The Hall–Kier alpha value is -1.42. The molecule has 0 unspecified atom stereocenters. The molecule has 0 atom stereocenters. The maximum atomic E-state index is 12.2. The van der Waals surface area contributed by atoms with Crippen LogP contribution in [0.1, 0.15) is 56.4 Å². The third-order valence-electron chi connectivity index (χ3n) is 4.50. The van der Waals surface area contributed by atoms with Gasteiger partial charge in [0.25, 0.3) is 0 Å². The Morgan fingerprint density at radius 1 is 1.27 bits per heavy atom. The van der Waals surface area contributed by atoms with Gasteiger partial charge in [-0.25, -0.2) is 4.98 Å². The monoisotopic (exact) mass is 316 g/mol. The highest BCUT2D eigenvalue weighted by atomic mass is 32.1. The molecule has 0 aliphatic carbocycles. The van der Waals surface area contributed by atoms with Crippen LogP contribution in [0.5, 0.6) is 0 Å². The van der Waals surface area contributed by atoms with E-state index in [9.17, 15) is 4.79 Å². The lowest BCUT2D eigenvalue weighted by Crippen LogP contribution is -2.37. The van der Waals surface area contributed by atoms with Crippen LogP contribution in [0.2, 0.25) is 0 Å². The lowest BCUT2D eigenvalue weighted by atomic mass is 9.97. The van der Waals surface area contributed by atoms with Gasteiger partial charge in [-0.05, 0) is 31.4 Å². The zero-order valence-electron chi connectivity index (χ0n) is 13.3. The van der Waals surface area contributed by atoms with Crippen molar-refractivity contribution >= 4 is 27.5 Å². The van der Waals surface area contributed by atoms with Gasteiger partial charge in [-0.2, -0.15) is 0 Å². The Balaban J connectivity index is 1.56. The molecule has 0 spiro atoms. The number of amides is 1. The summed E-state index contributed by atoms with van der Waals surface area (Å²) >= 11 is 1.82. The summed E-state index contributed by atoms with van der Waals surface area (Å²) in [5.41, 5.74) is 1.11. The minimum atomic E-state index is 0.344. The number of aromatic nitrogens is 1. The van der Waals surface area contributed by atoms with Crippen molar-refractivity contribution in [3.63, 3.8) is 0 Å². The molecular weight excluding hydrogens is 292 g/mol. The van der Waals surface area contributed by atoms with E-state index in [2.05, 4.69) is 30.0 Å². The smallest absolute Gasteiger partial charge is 0.222 e. The van der Waals surface area contributed by atoms with Crippen molar-refractivity contribution in [3.05, 3.63) is 29.3 Å². The number of fused-ring (bicyclic) bond motifs is 1. The molecule has 1 aromatic heterocycles. The summed E-state index contributed by atoms with van der Waals surface area (Å²) in [6, 6.07) is 8.34. The summed E-state index contributed by atoms with van der Waals surface area (Å²) in [7, 11) is 0. The van der Waals surface area contributed by atoms with Crippen LogP contribution in [0.15, 0.2) is 24.3 Å². The van der Waals surface area contributed by atoms with Crippen molar-refractivity contribution in [2.24, 2.45) is 0 Å². The average Bonchev–Trinajstić information content (AvgIpc) is 2.99. The molecule has 1 amide bonds. The van der Waals surface area contributed by atoms with Crippen LogP contribution >= 0.6 is 11.3 Å². The van der Waals surface area contributed by atoms with E-state index in [4.69, 9.17) is 4.98 Å². The lowest BCUT2D eigenvalue weighted by Gasteiger charge is -2.31. The molecule has 1 saturated heterocycles. The predicted molar refractivity (Wildman–Crippen MR) is 92.3 cm³/mol. The number of piperidine rings is 1. The summed E-state index contributed by atoms with van der Waals surface area (Å²) in [6.45, 7) is 3.96. The fourth-order valence-corrected chi connectivity index (χ4v) is 4.26. The Morgan fingerprint density at radius 3 is 2.77 bits per heavy atom. The van der Waals surface area contributed by atoms with E-state index in [0.717, 1.165) is 50.7 Å². The molecule has 1 aliphatic heterocycles. The molecule has 3 rings (SSSR count). The van der Waals surface area contributed by atoms with Gasteiger partial charge in [0.2, 0.25) is 5.91 Å². The lowest BCUT2D eigenvalue weighted by molar-refractivity contribution is -0.132. The van der Waals surface area contributed by atoms with Gasteiger partial charge in [-0.1, -0.05) is 31.9 Å². The molecular formula is C18H24N2OS. The number of nitrogens with zero attached hydrogens (tertiary/aromatic N) is 2. The Bertz CT molecular complexity index is 596. The number of hydrogen-bond acceptors (Lipinski definition) is 3. The molecule has 3 nitrogen and oxygen atoms in total. The first-order valence-electron chi connectivity index (χ1n) is 8.41. The van der Waals surface area contributed by atoms with Crippen LogP contribution in [0.25, 0.3) is 10.2 Å². The van der Waals surface area contributed by atoms with Gasteiger partial charge < -0.3 is 4.90 Å². The van der Waals surface area contributed by atoms with Crippen LogP contribution in [0, 0.1) is 0 Å². The molecule has 118 valence electrons. The van der Waals surface area contributed by atoms with Crippen molar-refractivity contribution in [3.8, 4) is 0 Å². The fourth-order valence-electron chi connectivity index (χ4n) is 3.12. The average molecular weight is 316 g/mol. The Kier molecular flexibility index (Phi) is 5.08. The van der Waals surface area contributed by atoms with E-state index in [-0.39, 0.29) is 0 Å². The van der Waals surface area contributed by atoms with E-state index >= 15 is 0 Å². The first-order valence-corrected chi connectivity index (χ1v) is 9.23. The van der Waals surface area contributed by atoms with Gasteiger partial charge in [0.1, 0.15) is 0 Å². The number of hydrogen-bond donors (Lipinski definition) is 0. The highest BCUT2D eigenvalue weighted by molar-refractivity contribution is 7.18. The largest absolute Gasteiger partial charge is 0.343 e. The molecule has 1 aromatic carbocycles. The molecule has 1 fully saturated rings. The van der Waals surface area contributed by atoms with E-state index in [1.54, 1.807) is 0 Å². The minimum Gasteiger partial charge on any atom is -0.343 e. The number of carbonyl (C=O) groups is 1. The number of benzene rings is 1. The third-order valence-corrected chi connectivity index (χ3v) is 5.70. The second kappa shape index (κ2) is 7.23. The molecule has 22 heavy (non-hydrogen) atoms. The number of rotatable bonds is 5. The molecule has 4 heteroatoms. The first-order chi connectivity index (χ1) is 10.8. The third kappa shape index (κ3) is 3.49. The number of unbranched alkanes of at least 4 members (excludes halogenated alkanes) is 2. The first kappa shape index (κ1) is 15.5. The highest BCUT2D eigenvalue weighted by Crippen LogP contribution is 2.33. The molecule has 0 radical (unpaired) electrons. The zero-order valence-corrected chi connectivity index (χ0v) is 14.1. The Morgan fingerprint density at radius 2 is 2.05 bits per heavy atom. The van der Waals surface area contributed by atoms with E-state index in [0.29, 0.717) is 11.8 Å². The fraction of sp³-hybridized carbons (Fsp3) is 0.556. The van der Waals surface area contributed by atoms with Crippen molar-refractivity contribution in [2.45, 2.75) is 51.4 Å². The number of likely N-dealkylation sites (tertiary alicyclic amines) is 1. The molecule has 0 N–H and O–H groups in total. The Labute approximate surface area is 136 Å². The van der Waals surface area contributed by atoms with Crippen molar-refractivity contribution < 1.29 is 4.79 Å². The highest BCUT2D eigenvalue weighted by Gasteiger charge is 2.25. The molecule has 1 aliphatic rings. The quantitative estimate of drug-likeness (QED) is 0.756. The van der Waals surface area contributed by atoms with Crippen molar-refractivity contribution in [1.29, 1.82) is 0 Å². The summed E-state index contributed by atoms with van der Waals surface area (Å²) in [4.78, 5) is 19.0. The standard InChI is InChI=1S/C18H24N2OS/c1-2-3-4-9-17(21)20-12-10-14(11-13-20)18-19-15-7-5-6-8-16(15)22-18/h5-8,14H,2-4,9-13H2,1H3. The van der Waals surface area contributed by atoms with Crippen LogP contribution < -0.4 is 0 Å². The summed E-state index contributed by atoms with van der Waals surface area (Å²) < 4.78 is 1.27. The van der Waals surface area contributed by atoms with Crippen molar-refractivity contribution in [2.75, 3.05) is 13.1 Å². The second-order valence-corrected chi connectivity index (χ2v) is 7.19. The summed E-state index contributed by atoms with van der Waals surface area (Å²) in [5.74, 6) is 0.869.